The van der Waals surface area contributed by atoms with Gasteiger partial charge in [-0.25, -0.2) is 0 Å². The minimum atomic E-state index is -4.38. The van der Waals surface area contributed by atoms with Gasteiger partial charge in [-0.05, 0) is 54.9 Å². The second kappa shape index (κ2) is 6.58. The number of halogens is 4. The van der Waals surface area contributed by atoms with Gasteiger partial charge in [-0.1, -0.05) is 11.3 Å². The van der Waals surface area contributed by atoms with Gasteiger partial charge in [0.15, 0.2) is 11.2 Å². The number of hydrogen-bond donors (Lipinski definition) is 0. The summed E-state index contributed by atoms with van der Waals surface area (Å²) in [6.07, 6.45) is -5.17. The summed E-state index contributed by atoms with van der Waals surface area (Å²) < 4.78 is 48.0. The summed E-state index contributed by atoms with van der Waals surface area (Å²) in [5.74, 6) is 0.754. The van der Waals surface area contributed by atoms with E-state index in [1.807, 2.05) is 0 Å². The highest BCUT2D eigenvalue weighted by Crippen LogP contribution is 2.39. The Morgan fingerprint density at radius 1 is 1.14 bits per heavy atom. The van der Waals surface area contributed by atoms with Crippen LogP contribution < -0.4 is 9.47 Å². The van der Waals surface area contributed by atoms with E-state index in [2.05, 4.69) is 0 Å². The second-order valence-electron chi connectivity index (χ2n) is 4.25. The summed E-state index contributed by atoms with van der Waals surface area (Å²) in [7, 11) is 0. The third-order valence-electron chi connectivity index (χ3n) is 2.54. The maximum Gasteiger partial charge on any atom is 0.425 e. The number of hydrogen-bond acceptors (Lipinski definition) is 4. The molecule has 0 aliphatic heterocycles. The molecule has 0 saturated carbocycles. The van der Waals surface area contributed by atoms with Gasteiger partial charge in [0.2, 0.25) is 0 Å². The van der Waals surface area contributed by atoms with Gasteiger partial charge in [-0.2, -0.15) is 13.2 Å². The van der Waals surface area contributed by atoms with Crippen molar-refractivity contribution in [3.63, 3.8) is 0 Å². The minimum absolute atomic E-state index is 0.130. The van der Waals surface area contributed by atoms with Crippen LogP contribution in [0.4, 0.5) is 13.2 Å². The highest BCUT2D eigenvalue weighted by atomic mass is 35.5. The van der Waals surface area contributed by atoms with Crippen LogP contribution in [-0.2, 0) is 11.0 Å². The monoisotopic (exact) mass is 350 g/mol. The summed E-state index contributed by atoms with van der Waals surface area (Å²) in [6, 6.07) is 8.33. The van der Waals surface area contributed by atoms with Crippen molar-refractivity contribution in [2.45, 2.75) is 19.2 Å². The average molecular weight is 351 g/mol. The molecule has 1 aromatic carbocycles. The Hall–Kier alpha value is -1.73. The molecule has 22 heavy (non-hydrogen) atoms. The molecule has 3 nitrogen and oxygen atoms in total. The SMILES string of the molecule is CC(Oc1ccc(Oc2ccc(C(F)(F)F)s2)cc1)C(=O)Cl. The van der Waals surface area contributed by atoms with Crippen LogP contribution in [0.5, 0.6) is 16.6 Å². The molecule has 2 aromatic rings. The summed E-state index contributed by atoms with van der Waals surface area (Å²) in [6.45, 7) is 1.50. The molecule has 0 radical (unpaired) electrons. The fourth-order valence-electron chi connectivity index (χ4n) is 1.48. The van der Waals surface area contributed by atoms with Crippen molar-refractivity contribution in [3.05, 3.63) is 41.3 Å². The van der Waals surface area contributed by atoms with Crippen molar-refractivity contribution in [2.24, 2.45) is 0 Å². The van der Waals surface area contributed by atoms with E-state index < -0.39 is 22.4 Å². The van der Waals surface area contributed by atoms with Crippen molar-refractivity contribution >= 4 is 28.2 Å². The van der Waals surface area contributed by atoms with Crippen molar-refractivity contribution in [3.8, 4) is 16.6 Å². The van der Waals surface area contributed by atoms with Crippen molar-refractivity contribution in [2.75, 3.05) is 0 Å². The standard InChI is InChI=1S/C14H10ClF3O3S/c1-8(13(15)19)20-9-2-4-10(5-3-9)21-12-7-6-11(22-12)14(16,17)18/h2-8H,1H3. The number of ether oxygens (including phenoxy) is 2. The van der Waals surface area contributed by atoms with E-state index in [-0.39, 0.29) is 5.06 Å². The van der Waals surface area contributed by atoms with Crippen LogP contribution in [0, 0.1) is 0 Å². The Labute approximate surface area is 133 Å². The summed E-state index contributed by atoms with van der Waals surface area (Å²) in [4.78, 5) is 10.1. The third kappa shape index (κ3) is 4.38. The molecule has 1 aromatic heterocycles. The van der Waals surface area contributed by atoms with Gasteiger partial charge < -0.3 is 9.47 Å². The van der Waals surface area contributed by atoms with Gasteiger partial charge in [-0.3, -0.25) is 4.79 Å². The third-order valence-corrected chi connectivity index (χ3v) is 3.85. The molecule has 0 N–H and O–H groups in total. The van der Waals surface area contributed by atoms with E-state index in [4.69, 9.17) is 21.1 Å². The van der Waals surface area contributed by atoms with Crippen LogP contribution in [0.25, 0.3) is 0 Å². The van der Waals surface area contributed by atoms with E-state index in [9.17, 15) is 18.0 Å². The maximum atomic E-state index is 12.5. The highest BCUT2D eigenvalue weighted by molar-refractivity contribution is 7.13. The normalized spacial score (nSPS) is 12.8. The molecule has 118 valence electrons. The predicted octanol–water partition coefficient (Wildman–Crippen LogP) is 5.09. The topological polar surface area (TPSA) is 35.5 Å². The predicted molar refractivity (Wildman–Crippen MR) is 76.8 cm³/mol. The highest BCUT2D eigenvalue weighted by Gasteiger charge is 2.32. The van der Waals surface area contributed by atoms with E-state index in [1.54, 1.807) is 0 Å². The van der Waals surface area contributed by atoms with E-state index in [0.29, 0.717) is 22.8 Å². The van der Waals surface area contributed by atoms with Crippen LogP contribution in [0.15, 0.2) is 36.4 Å². The first kappa shape index (κ1) is 16.6. The zero-order valence-electron chi connectivity index (χ0n) is 11.2. The number of benzene rings is 1. The van der Waals surface area contributed by atoms with E-state index in [1.165, 1.54) is 37.3 Å². The Balaban J connectivity index is 2.02. The summed E-state index contributed by atoms with van der Waals surface area (Å²) in [5.41, 5.74) is 0. The number of rotatable bonds is 5. The van der Waals surface area contributed by atoms with Crippen molar-refractivity contribution in [1.82, 2.24) is 0 Å². The lowest BCUT2D eigenvalue weighted by atomic mass is 10.3. The largest absolute Gasteiger partial charge is 0.482 e. The van der Waals surface area contributed by atoms with Crippen LogP contribution in [0.3, 0.4) is 0 Å². The Bertz CT molecular complexity index is 652. The molecule has 0 bridgehead atoms. The first-order valence-corrected chi connectivity index (χ1v) is 7.26. The smallest absolute Gasteiger partial charge is 0.425 e. The molecule has 0 saturated heterocycles. The summed E-state index contributed by atoms with van der Waals surface area (Å²) >= 11 is 5.79. The molecule has 1 atom stereocenters. The lowest BCUT2D eigenvalue weighted by Gasteiger charge is -2.10. The lowest BCUT2D eigenvalue weighted by Crippen LogP contribution is -2.18. The maximum absolute atomic E-state index is 12.5. The Morgan fingerprint density at radius 3 is 2.23 bits per heavy atom. The van der Waals surface area contributed by atoms with Gasteiger partial charge in [-0.15, -0.1) is 0 Å². The Morgan fingerprint density at radius 2 is 1.73 bits per heavy atom. The first-order valence-electron chi connectivity index (χ1n) is 6.06. The fraction of sp³-hybridized carbons (Fsp3) is 0.214. The molecule has 0 aliphatic rings. The number of carbonyl (C=O) groups is 1. The quantitative estimate of drug-likeness (QED) is 0.704. The first-order chi connectivity index (χ1) is 10.3. The summed E-state index contributed by atoms with van der Waals surface area (Å²) in [5, 5.41) is -0.496. The number of carbonyl (C=O) groups excluding carboxylic acids is 1. The molecular weight excluding hydrogens is 341 g/mol. The second-order valence-corrected chi connectivity index (χ2v) is 5.67. The average Bonchev–Trinajstić information content (AvgIpc) is 2.89. The fourth-order valence-corrected chi connectivity index (χ4v) is 2.27. The van der Waals surface area contributed by atoms with Crippen LogP contribution >= 0.6 is 22.9 Å². The zero-order chi connectivity index (χ0) is 16.3. The molecule has 0 aliphatic carbocycles. The lowest BCUT2D eigenvalue weighted by molar-refractivity contribution is -0.134. The van der Waals surface area contributed by atoms with Crippen LogP contribution in [0.2, 0.25) is 0 Å². The minimum Gasteiger partial charge on any atom is -0.482 e. The van der Waals surface area contributed by atoms with E-state index >= 15 is 0 Å². The van der Waals surface area contributed by atoms with Crippen LogP contribution in [0.1, 0.15) is 11.8 Å². The number of thiophene rings is 1. The van der Waals surface area contributed by atoms with Crippen LogP contribution in [-0.4, -0.2) is 11.3 Å². The zero-order valence-corrected chi connectivity index (χ0v) is 12.8. The molecule has 0 amide bonds. The van der Waals surface area contributed by atoms with Gasteiger partial charge in [0.25, 0.3) is 5.24 Å². The molecule has 1 heterocycles. The van der Waals surface area contributed by atoms with Crippen molar-refractivity contribution in [1.29, 1.82) is 0 Å². The molecule has 0 spiro atoms. The Kier molecular flexibility index (Phi) is 4.97. The number of alkyl halides is 3. The molecule has 1 unspecified atom stereocenters. The molecule has 2 rings (SSSR count). The van der Waals surface area contributed by atoms with Gasteiger partial charge in [0, 0.05) is 0 Å². The van der Waals surface area contributed by atoms with Gasteiger partial charge >= 0.3 is 6.18 Å². The van der Waals surface area contributed by atoms with Crippen molar-refractivity contribution < 1.29 is 27.4 Å². The molecule has 0 fully saturated rings. The van der Waals surface area contributed by atoms with Gasteiger partial charge in [0.05, 0.1) is 0 Å². The molecular formula is C14H10ClF3O3S. The van der Waals surface area contributed by atoms with E-state index in [0.717, 1.165) is 6.07 Å². The van der Waals surface area contributed by atoms with Gasteiger partial charge in [0.1, 0.15) is 16.4 Å². The molecule has 8 heteroatoms.